The molecule has 0 amide bonds. The van der Waals surface area contributed by atoms with Gasteiger partial charge in [-0.05, 0) is 12.5 Å². The van der Waals surface area contributed by atoms with E-state index in [2.05, 4.69) is 5.10 Å². The van der Waals surface area contributed by atoms with E-state index in [0.717, 1.165) is 0 Å². The molecule has 3 rings (SSSR count). The number of nitrogens with two attached hydrogens (primary N) is 1. The Labute approximate surface area is 137 Å². The summed E-state index contributed by atoms with van der Waals surface area (Å²) in [5, 5.41) is 37.1. The van der Waals surface area contributed by atoms with Crippen molar-refractivity contribution in [3.8, 4) is 5.75 Å². The van der Waals surface area contributed by atoms with E-state index in [1.165, 1.54) is 6.07 Å². The lowest BCUT2D eigenvalue weighted by Crippen LogP contribution is -2.50. The first-order chi connectivity index (χ1) is 11.5. The Balaban J connectivity index is 1.96. The van der Waals surface area contributed by atoms with Crippen LogP contribution in [0.5, 0.6) is 5.75 Å². The van der Waals surface area contributed by atoms with Gasteiger partial charge in [0.05, 0.1) is 13.2 Å². The van der Waals surface area contributed by atoms with Crippen LogP contribution < -0.4 is 20.0 Å². The number of aromatic nitrogens is 3. The molecular formula is C14H19N5O5. The third-order valence-electron chi connectivity index (χ3n) is 3.89. The van der Waals surface area contributed by atoms with Gasteiger partial charge in [0, 0.05) is 17.5 Å². The number of rotatable bonds is 4. The molecule has 1 aromatic carbocycles. The van der Waals surface area contributed by atoms with E-state index >= 15 is 0 Å². The maximum absolute atomic E-state index is 12.2. The largest absolute Gasteiger partial charge is 0.739 e. The number of hydrogen-bond donors (Lipinski definition) is 2. The Morgan fingerprint density at radius 3 is 3.04 bits per heavy atom. The number of hydrogen-bond acceptors (Lipinski definition) is 8. The highest BCUT2D eigenvalue weighted by atomic mass is 16.6. The molecule has 1 aromatic heterocycles. The lowest BCUT2D eigenvalue weighted by Gasteiger charge is -2.35. The molecule has 0 saturated carbocycles. The van der Waals surface area contributed by atoms with E-state index in [-0.39, 0.29) is 23.0 Å². The fraction of sp³-hybridized carbons (Fsp3) is 0.500. The lowest BCUT2D eigenvalue weighted by molar-refractivity contribution is -0.672. The number of β-amino-alcohol motifs (C(OH)–C–C–N with tert-alkyl or cyclic N) is 1. The Hall–Kier alpha value is -2.43. The molecule has 1 aliphatic heterocycles. The minimum Gasteiger partial charge on any atom is -0.739 e. The molecule has 2 atom stereocenters. The molecule has 1 aliphatic rings. The summed E-state index contributed by atoms with van der Waals surface area (Å²) >= 11 is 0. The van der Waals surface area contributed by atoms with Crippen LogP contribution in [-0.4, -0.2) is 47.3 Å². The summed E-state index contributed by atoms with van der Waals surface area (Å²) in [5.41, 5.74) is 5.57. The minimum atomic E-state index is -0.878. The number of morpholine rings is 1. The molecule has 0 spiro atoms. The van der Waals surface area contributed by atoms with Crippen molar-refractivity contribution >= 4 is 17.0 Å². The molecule has 0 aliphatic carbocycles. The second kappa shape index (κ2) is 6.59. The lowest BCUT2D eigenvalue weighted by atomic mass is 10.2. The summed E-state index contributed by atoms with van der Waals surface area (Å²) in [6, 6.07) is 4.66. The number of aliphatic hydroxyl groups is 1. The summed E-state index contributed by atoms with van der Waals surface area (Å²) in [5.74, 6) is -0.225. The first kappa shape index (κ1) is 16.4. The number of fused-ring (bicyclic) bond motifs is 1. The van der Waals surface area contributed by atoms with Crippen molar-refractivity contribution in [3.05, 3.63) is 28.6 Å². The number of nitrogen functional groups attached to an aromatic ring is 1. The Morgan fingerprint density at radius 2 is 2.33 bits per heavy atom. The molecule has 2 aromatic rings. The number of ether oxygens (including phenoxy) is 2. The molecule has 3 N–H and O–H groups in total. The van der Waals surface area contributed by atoms with Crippen molar-refractivity contribution in [2.75, 3.05) is 25.4 Å². The summed E-state index contributed by atoms with van der Waals surface area (Å²) in [7, 11) is 0. The SMILES string of the molecule is CCC(Oc1cccc2c1[n+]([O-])c(N)n[n+]2[O-])N1CCOC(O)C1. The summed E-state index contributed by atoms with van der Waals surface area (Å²) < 4.78 is 11.4. The highest BCUT2D eigenvalue weighted by Crippen LogP contribution is 2.24. The zero-order valence-corrected chi connectivity index (χ0v) is 13.2. The number of para-hydroxylation sites is 1. The first-order valence-corrected chi connectivity index (χ1v) is 7.63. The fourth-order valence-electron chi connectivity index (χ4n) is 2.74. The van der Waals surface area contributed by atoms with E-state index < -0.39 is 12.2 Å². The molecule has 1 saturated heterocycles. The molecule has 24 heavy (non-hydrogen) atoms. The van der Waals surface area contributed by atoms with Crippen LogP contribution in [0.1, 0.15) is 13.3 Å². The molecule has 0 radical (unpaired) electrons. The number of nitrogens with zero attached hydrogens (tertiary/aromatic N) is 4. The third-order valence-corrected chi connectivity index (χ3v) is 3.89. The third kappa shape index (κ3) is 2.98. The van der Waals surface area contributed by atoms with E-state index in [1.54, 1.807) is 12.1 Å². The van der Waals surface area contributed by atoms with Crippen LogP contribution >= 0.6 is 0 Å². The predicted octanol–water partition coefficient (Wildman–Crippen LogP) is -1.15. The smallest absolute Gasteiger partial charge is 0.458 e. The maximum atomic E-state index is 12.2. The standard InChI is InChI=1S/C14H19N5O5/c1-2-11(17-6-7-23-12(20)8-17)24-10-5-3-4-9-13(10)18(21)14(15)16-19(9)22/h3-5,11-12,20H,2,6-8H2,1H3,(H2,15,16). The van der Waals surface area contributed by atoms with Crippen molar-refractivity contribution in [1.82, 2.24) is 10.00 Å². The van der Waals surface area contributed by atoms with Gasteiger partial charge in [-0.1, -0.05) is 13.0 Å². The Bertz CT molecular complexity index is 743. The Morgan fingerprint density at radius 1 is 1.54 bits per heavy atom. The second-order valence-corrected chi connectivity index (χ2v) is 5.45. The van der Waals surface area contributed by atoms with Crippen molar-refractivity contribution in [1.29, 1.82) is 0 Å². The van der Waals surface area contributed by atoms with Crippen molar-refractivity contribution in [2.24, 2.45) is 0 Å². The number of aliphatic hydroxyl groups excluding tert-OH is 1. The van der Waals surface area contributed by atoms with Crippen molar-refractivity contribution in [3.63, 3.8) is 0 Å². The fourth-order valence-corrected chi connectivity index (χ4v) is 2.74. The summed E-state index contributed by atoms with van der Waals surface area (Å²) in [6.07, 6.45) is -0.652. The molecule has 10 nitrogen and oxygen atoms in total. The van der Waals surface area contributed by atoms with E-state index in [1.807, 2.05) is 11.8 Å². The number of benzene rings is 1. The van der Waals surface area contributed by atoms with Gasteiger partial charge in [-0.15, -0.1) is 0 Å². The molecule has 130 valence electrons. The van der Waals surface area contributed by atoms with Gasteiger partial charge in [0.1, 0.15) is 0 Å². The van der Waals surface area contributed by atoms with E-state index in [9.17, 15) is 15.5 Å². The minimum absolute atomic E-state index is 0.0206. The quantitative estimate of drug-likeness (QED) is 0.527. The van der Waals surface area contributed by atoms with Crippen molar-refractivity contribution in [2.45, 2.75) is 25.9 Å². The average Bonchev–Trinajstić information content (AvgIpc) is 2.57. The molecular weight excluding hydrogens is 318 g/mol. The van der Waals surface area contributed by atoms with Crippen LogP contribution in [0.2, 0.25) is 0 Å². The normalized spacial score (nSPS) is 20.2. The van der Waals surface area contributed by atoms with Gasteiger partial charge < -0.3 is 25.0 Å². The van der Waals surface area contributed by atoms with Crippen LogP contribution in [0.3, 0.4) is 0 Å². The number of anilines is 1. The summed E-state index contributed by atoms with van der Waals surface area (Å²) in [4.78, 5) is 2.21. The molecule has 10 heteroatoms. The summed E-state index contributed by atoms with van der Waals surface area (Å²) in [6.45, 7) is 3.19. The van der Waals surface area contributed by atoms with Gasteiger partial charge in [-0.25, -0.2) is 4.73 Å². The zero-order valence-electron chi connectivity index (χ0n) is 13.2. The molecule has 0 bridgehead atoms. The topological polar surface area (TPSA) is 135 Å². The van der Waals surface area contributed by atoms with E-state index in [0.29, 0.717) is 35.7 Å². The average molecular weight is 337 g/mol. The second-order valence-electron chi connectivity index (χ2n) is 5.45. The van der Waals surface area contributed by atoms with Gasteiger partial charge in [-0.2, -0.15) is 0 Å². The van der Waals surface area contributed by atoms with Crippen LogP contribution in [0.15, 0.2) is 18.2 Å². The monoisotopic (exact) mass is 337 g/mol. The van der Waals surface area contributed by atoms with Crippen LogP contribution in [0.25, 0.3) is 11.0 Å². The van der Waals surface area contributed by atoms with Gasteiger partial charge >= 0.3 is 11.5 Å². The highest BCUT2D eigenvalue weighted by Gasteiger charge is 2.28. The predicted molar refractivity (Wildman–Crippen MR) is 82.3 cm³/mol. The molecule has 2 heterocycles. The molecule has 2 unspecified atom stereocenters. The van der Waals surface area contributed by atoms with Gasteiger partial charge in [0.25, 0.3) is 0 Å². The zero-order chi connectivity index (χ0) is 17.3. The van der Waals surface area contributed by atoms with Gasteiger partial charge in [0.2, 0.25) is 10.6 Å². The van der Waals surface area contributed by atoms with Gasteiger partial charge in [-0.3, -0.25) is 10.6 Å². The van der Waals surface area contributed by atoms with Crippen LogP contribution in [-0.2, 0) is 4.74 Å². The maximum Gasteiger partial charge on any atom is 0.458 e. The van der Waals surface area contributed by atoms with Crippen molar-refractivity contribution < 1.29 is 24.2 Å². The first-order valence-electron chi connectivity index (χ1n) is 7.63. The molecule has 1 fully saturated rings. The van der Waals surface area contributed by atoms with Gasteiger partial charge in [0.15, 0.2) is 18.3 Å². The highest BCUT2D eigenvalue weighted by molar-refractivity contribution is 5.75. The Kier molecular flexibility index (Phi) is 4.51. The van der Waals surface area contributed by atoms with Crippen LogP contribution in [0, 0.1) is 10.4 Å². The van der Waals surface area contributed by atoms with E-state index in [4.69, 9.17) is 15.2 Å². The van der Waals surface area contributed by atoms with Crippen LogP contribution in [0.4, 0.5) is 5.95 Å².